The molecule has 0 aliphatic heterocycles. The zero-order valence-electron chi connectivity index (χ0n) is 12.1. The van der Waals surface area contributed by atoms with Gasteiger partial charge in [0.25, 0.3) is 0 Å². The summed E-state index contributed by atoms with van der Waals surface area (Å²) in [6, 6.07) is 16.1. The first-order chi connectivity index (χ1) is 9.78. The van der Waals surface area contributed by atoms with Crippen LogP contribution in [-0.2, 0) is 6.54 Å². The van der Waals surface area contributed by atoms with Crippen molar-refractivity contribution in [2.75, 3.05) is 20.3 Å². The highest BCUT2D eigenvalue weighted by Crippen LogP contribution is 2.13. The summed E-state index contributed by atoms with van der Waals surface area (Å²) >= 11 is 0. The lowest BCUT2D eigenvalue weighted by molar-refractivity contribution is 0.217. The third kappa shape index (κ3) is 4.59. The predicted octanol–water partition coefficient (Wildman–Crippen LogP) is 3.17. The molecule has 0 saturated carbocycles. The Balaban J connectivity index is 1.71. The van der Waals surface area contributed by atoms with Gasteiger partial charge in [-0.2, -0.15) is 0 Å². The molecule has 0 spiro atoms. The second kappa shape index (κ2) is 7.56. The molecule has 0 atom stereocenters. The van der Waals surface area contributed by atoms with E-state index in [0.717, 1.165) is 18.0 Å². The SMILES string of the molecule is CNCc1ccc(OCCOc2ccc(C)cc2)cc1. The van der Waals surface area contributed by atoms with Crippen molar-refractivity contribution in [2.45, 2.75) is 13.5 Å². The molecule has 1 N–H and O–H groups in total. The minimum atomic E-state index is 0.541. The number of hydrogen-bond donors (Lipinski definition) is 1. The van der Waals surface area contributed by atoms with Crippen LogP contribution >= 0.6 is 0 Å². The van der Waals surface area contributed by atoms with Crippen molar-refractivity contribution in [3.05, 3.63) is 59.7 Å². The van der Waals surface area contributed by atoms with Crippen LogP contribution in [0.5, 0.6) is 11.5 Å². The average Bonchev–Trinajstić information content (AvgIpc) is 2.47. The predicted molar refractivity (Wildman–Crippen MR) is 81.4 cm³/mol. The van der Waals surface area contributed by atoms with E-state index in [0.29, 0.717) is 13.2 Å². The van der Waals surface area contributed by atoms with Gasteiger partial charge in [-0.1, -0.05) is 29.8 Å². The molecular weight excluding hydrogens is 250 g/mol. The number of ether oxygens (including phenoxy) is 2. The van der Waals surface area contributed by atoms with Crippen molar-refractivity contribution < 1.29 is 9.47 Å². The number of rotatable bonds is 7. The van der Waals surface area contributed by atoms with Crippen LogP contribution in [0, 0.1) is 6.92 Å². The molecule has 2 aromatic rings. The topological polar surface area (TPSA) is 30.5 Å². The molecule has 0 aliphatic carbocycles. The van der Waals surface area contributed by atoms with E-state index in [1.807, 2.05) is 43.4 Å². The van der Waals surface area contributed by atoms with Crippen LogP contribution in [0.15, 0.2) is 48.5 Å². The molecule has 0 radical (unpaired) electrons. The Labute approximate surface area is 120 Å². The average molecular weight is 271 g/mol. The van der Waals surface area contributed by atoms with Crippen LogP contribution in [0.1, 0.15) is 11.1 Å². The lowest BCUT2D eigenvalue weighted by atomic mass is 10.2. The Kier molecular flexibility index (Phi) is 5.44. The van der Waals surface area contributed by atoms with Crippen molar-refractivity contribution in [3.63, 3.8) is 0 Å². The van der Waals surface area contributed by atoms with Gasteiger partial charge in [0, 0.05) is 6.54 Å². The molecule has 0 heterocycles. The number of benzene rings is 2. The molecule has 0 bridgehead atoms. The second-order valence-corrected chi connectivity index (χ2v) is 4.68. The van der Waals surface area contributed by atoms with Crippen LogP contribution in [0.4, 0.5) is 0 Å². The lowest BCUT2D eigenvalue weighted by Gasteiger charge is -2.09. The smallest absolute Gasteiger partial charge is 0.122 e. The highest BCUT2D eigenvalue weighted by molar-refractivity contribution is 5.27. The molecule has 0 saturated heterocycles. The van der Waals surface area contributed by atoms with Gasteiger partial charge in [-0.15, -0.1) is 0 Å². The van der Waals surface area contributed by atoms with E-state index in [1.54, 1.807) is 0 Å². The summed E-state index contributed by atoms with van der Waals surface area (Å²) in [5.41, 5.74) is 2.48. The van der Waals surface area contributed by atoms with Gasteiger partial charge in [0.05, 0.1) is 0 Å². The normalized spacial score (nSPS) is 10.3. The van der Waals surface area contributed by atoms with Gasteiger partial charge in [0.2, 0.25) is 0 Å². The highest BCUT2D eigenvalue weighted by Gasteiger charge is 1.96. The van der Waals surface area contributed by atoms with Crippen molar-refractivity contribution in [1.82, 2.24) is 5.32 Å². The Morgan fingerprint density at radius 1 is 0.800 bits per heavy atom. The summed E-state index contributed by atoms with van der Waals surface area (Å²) in [5, 5.41) is 3.12. The van der Waals surface area contributed by atoms with E-state index in [9.17, 15) is 0 Å². The maximum Gasteiger partial charge on any atom is 0.122 e. The third-order valence-electron chi connectivity index (χ3n) is 2.95. The van der Waals surface area contributed by atoms with Crippen LogP contribution in [0.2, 0.25) is 0 Å². The van der Waals surface area contributed by atoms with Crippen molar-refractivity contribution in [3.8, 4) is 11.5 Å². The summed E-state index contributed by atoms with van der Waals surface area (Å²) in [7, 11) is 1.94. The summed E-state index contributed by atoms with van der Waals surface area (Å²) in [6.07, 6.45) is 0. The van der Waals surface area contributed by atoms with E-state index < -0.39 is 0 Å². The lowest BCUT2D eigenvalue weighted by Crippen LogP contribution is -2.09. The number of hydrogen-bond acceptors (Lipinski definition) is 3. The van der Waals surface area contributed by atoms with E-state index in [-0.39, 0.29) is 0 Å². The van der Waals surface area contributed by atoms with Crippen molar-refractivity contribution in [2.24, 2.45) is 0 Å². The fraction of sp³-hybridized carbons (Fsp3) is 0.294. The first-order valence-corrected chi connectivity index (χ1v) is 6.84. The first kappa shape index (κ1) is 14.4. The molecule has 0 amide bonds. The summed E-state index contributed by atoms with van der Waals surface area (Å²) in [4.78, 5) is 0. The van der Waals surface area contributed by atoms with Crippen molar-refractivity contribution in [1.29, 1.82) is 0 Å². The third-order valence-corrected chi connectivity index (χ3v) is 2.95. The van der Waals surface area contributed by atoms with Gasteiger partial charge in [-0.05, 0) is 43.8 Å². The minimum absolute atomic E-state index is 0.541. The first-order valence-electron chi connectivity index (χ1n) is 6.84. The van der Waals surface area contributed by atoms with E-state index in [2.05, 4.69) is 24.4 Å². The largest absolute Gasteiger partial charge is 0.490 e. The van der Waals surface area contributed by atoms with Gasteiger partial charge in [-0.3, -0.25) is 0 Å². The van der Waals surface area contributed by atoms with Crippen LogP contribution in [0.3, 0.4) is 0 Å². The molecule has 3 nitrogen and oxygen atoms in total. The monoisotopic (exact) mass is 271 g/mol. The fourth-order valence-electron chi connectivity index (χ4n) is 1.86. The maximum absolute atomic E-state index is 5.64. The quantitative estimate of drug-likeness (QED) is 0.785. The summed E-state index contributed by atoms with van der Waals surface area (Å²) < 4.78 is 11.2. The number of aryl methyl sites for hydroxylation is 1. The van der Waals surface area contributed by atoms with Crippen LogP contribution in [0.25, 0.3) is 0 Å². The van der Waals surface area contributed by atoms with Crippen LogP contribution < -0.4 is 14.8 Å². The van der Waals surface area contributed by atoms with Gasteiger partial charge in [0.1, 0.15) is 24.7 Å². The molecule has 0 aliphatic rings. The molecule has 3 heteroatoms. The minimum Gasteiger partial charge on any atom is -0.490 e. The van der Waals surface area contributed by atoms with E-state index in [4.69, 9.17) is 9.47 Å². The summed E-state index contributed by atoms with van der Waals surface area (Å²) in [6.45, 7) is 4.02. The molecule has 106 valence electrons. The van der Waals surface area contributed by atoms with E-state index >= 15 is 0 Å². The standard InChI is InChI=1S/C17H21NO2/c1-14-3-7-16(8-4-14)19-11-12-20-17-9-5-15(6-10-17)13-18-2/h3-10,18H,11-13H2,1-2H3. The second-order valence-electron chi connectivity index (χ2n) is 4.68. The zero-order chi connectivity index (χ0) is 14.2. The maximum atomic E-state index is 5.64. The molecule has 0 fully saturated rings. The molecule has 2 aromatic carbocycles. The van der Waals surface area contributed by atoms with E-state index in [1.165, 1.54) is 11.1 Å². The molecular formula is C17H21NO2. The fourth-order valence-corrected chi connectivity index (χ4v) is 1.86. The molecule has 0 aromatic heterocycles. The highest BCUT2D eigenvalue weighted by atomic mass is 16.5. The Morgan fingerprint density at radius 3 is 1.80 bits per heavy atom. The molecule has 2 rings (SSSR count). The Hall–Kier alpha value is -2.00. The molecule has 0 unspecified atom stereocenters. The molecule has 20 heavy (non-hydrogen) atoms. The van der Waals surface area contributed by atoms with Gasteiger partial charge in [-0.25, -0.2) is 0 Å². The number of nitrogens with one attached hydrogen (secondary N) is 1. The zero-order valence-corrected chi connectivity index (χ0v) is 12.1. The van der Waals surface area contributed by atoms with Crippen molar-refractivity contribution >= 4 is 0 Å². The Bertz CT molecular complexity index is 506. The van der Waals surface area contributed by atoms with Gasteiger partial charge >= 0.3 is 0 Å². The van der Waals surface area contributed by atoms with Crippen LogP contribution in [-0.4, -0.2) is 20.3 Å². The van der Waals surface area contributed by atoms with Gasteiger partial charge in [0.15, 0.2) is 0 Å². The Morgan fingerprint density at radius 2 is 1.30 bits per heavy atom. The van der Waals surface area contributed by atoms with Gasteiger partial charge < -0.3 is 14.8 Å². The summed E-state index contributed by atoms with van der Waals surface area (Å²) in [5.74, 6) is 1.75.